The lowest BCUT2D eigenvalue weighted by molar-refractivity contribution is 0.666. The second-order valence-electron chi connectivity index (χ2n) is 4.79. The second-order valence-corrected chi connectivity index (χ2v) is 6.04. The molecule has 0 unspecified atom stereocenters. The molecule has 0 bridgehead atoms. The van der Waals surface area contributed by atoms with Crippen molar-refractivity contribution in [1.29, 1.82) is 0 Å². The molecule has 20 heavy (non-hydrogen) atoms. The van der Waals surface area contributed by atoms with Crippen molar-refractivity contribution in [2.45, 2.75) is 13.5 Å². The van der Waals surface area contributed by atoms with Crippen LogP contribution in [0.5, 0.6) is 0 Å². The topological polar surface area (TPSA) is 35.6 Å². The summed E-state index contributed by atoms with van der Waals surface area (Å²) in [6, 6.07) is 10.5. The monoisotopic (exact) mass is 378 g/mol. The average molecular weight is 378 g/mol. The van der Waals surface area contributed by atoms with Gasteiger partial charge in [0.2, 0.25) is 0 Å². The number of nitrogens with zero attached hydrogens (tertiary/aromatic N) is 4. The van der Waals surface area contributed by atoms with Crippen LogP contribution in [0.25, 0.3) is 11.4 Å². The molecule has 0 spiro atoms. The second kappa shape index (κ2) is 5.40. The number of hydrogen-bond acceptors (Lipinski definition) is 2. The Morgan fingerprint density at radius 1 is 1.25 bits per heavy atom. The molecule has 0 amide bonds. The van der Waals surface area contributed by atoms with Gasteiger partial charge in [-0.15, -0.1) is 0 Å². The molecule has 3 rings (SSSR count). The zero-order valence-electron chi connectivity index (χ0n) is 11.4. The van der Waals surface area contributed by atoms with Crippen LogP contribution in [0.1, 0.15) is 11.4 Å². The third kappa shape index (κ3) is 2.63. The number of aryl methyl sites for hydroxylation is 2. The number of rotatable bonds is 3. The zero-order chi connectivity index (χ0) is 14.1. The molecular formula is C15H15IN4. The highest BCUT2D eigenvalue weighted by atomic mass is 127. The molecule has 2 heterocycles. The quantitative estimate of drug-likeness (QED) is 0.656. The molecule has 0 saturated heterocycles. The molecule has 0 aliphatic rings. The molecule has 0 atom stereocenters. The van der Waals surface area contributed by atoms with E-state index in [4.69, 9.17) is 0 Å². The van der Waals surface area contributed by atoms with Gasteiger partial charge < -0.3 is 4.57 Å². The molecule has 0 N–H and O–H groups in total. The minimum Gasteiger partial charge on any atom is -0.325 e. The fourth-order valence-electron chi connectivity index (χ4n) is 2.31. The highest BCUT2D eigenvalue weighted by molar-refractivity contribution is 14.1. The number of benzene rings is 1. The van der Waals surface area contributed by atoms with Crippen molar-refractivity contribution in [2.75, 3.05) is 0 Å². The Bertz CT molecular complexity index is 742. The van der Waals surface area contributed by atoms with E-state index in [0.717, 1.165) is 23.6 Å². The first kappa shape index (κ1) is 13.4. The molecule has 102 valence electrons. The van der Waals surface area contributed by atoms with Gasteiger partial charge in [-0.2, -0.15) is 5.10 Å². The number of aromatic nitrogens is 4. The first-order valence-electron chi connectivity index (χ1n) is 6.40. The van der Waals surface area contributed by atoms with E-state index in [2.05, 4.69) is 67.6 Å². The summed E-state index contributed by atoms with van der Waals surface area (Å²) in [5.74, 6) is 0.988. The van der Waals surface area contributed by atoms with Crippen LogP contribution < -0.4 is 0 Å². The van der Waals surface area contributed by atoms with Crippen molar-refractivity contribution in [1.82, 2.24) is 19.3 Å². The first-order chi connectivity index (χ1) is 9.63. The summed E-state index contributed by atoms with van der Waals surface area (Å²) in [6.07, 6.45) is 3.86. The van der Waals surface area contributed by atoms with Gasteiger partial charge in [0, 0.05) is 28.6 Å². The maximum absolute atomic E-state index is 4.49. The van der Waals surface area contributed by atoms with Crippen LogP contribution in [0.4, 0.5) is 0 Å². The van der Waals surface area contributed by atoms with Crippen LogP contribution in [-0.2, 0) is 13.6 Å². The normalized spacial score (nSPS) is 10.9. The van der Waals surface area contributed by atoms with Gasteiger partial charge in [0.1, 0.15) is 5.82 Å². The lowest BCUT2D eigenvalue weighted by Crippen LogP contribution is -2.06. The van der Waals surface area contributed by atoms with Gasteiger partial charge in [-0.25, -0.2) is 4.98 Å². The summed E-state index contributed by atoms with van der Waals surface area (Å²) in [4.78, 5) is 4.49. The molecule has 5 heteroatoms. The van der Waals surface area contributed by atoms with Crippen LogP contribution in [0.2, 0.25) is 0 Å². The predicted octanol–water partition coefficient (Wildman–Crippen LogP) is 3.24. The Labute approximate surface area is 131 Å². The molecule has 0 aliphatic carbocycles. The smallest absolute Gasteiger partial charge is 0.140 e. The summed E-state index contributed by atoms with van der Waals surface area (Å²) in [7, 11) is 1.98. The Balaban J connectivity index is 1.96. The van der Waals surface area contributed by atoms with Crippen LogP contribution in [0.3, 0.4) is 0 Å². The van der Waals surface area contributed by atoms with Crippen LogP contribution >= 0.6 is 22.6 Å². The maximum Gasteiger partial charge on any atom is 0.140 e. The highest BCUT2D eigenvalue weighted by Crippen LogP contribution is 2.20. The van der Waals surface area contributed by atoms with E-state index in [1.54, 1.807) is 0 Å². The summed E-state index contributed by atoms with van der Waals surface area (Å²) in [5.41, 5.74) is 3.35. The molecule has 3 aromatic rings. The lowest BCUT2D eigenvalue weighted by Gasteiger charge is -2.08. The Kier molecular flexibility index (Phi) is 3.60. The molecule has 0 aliphatic heterocycles. The Morgan fingerprint density at radius 3 is 2.80 bits per heavy atom. The van der Waals surface area contributed by atoms with Crippen molar-refractivity contribution in [3.05, 3.63) is 57.7 Å². The molecule has 0 saturated carbocycles. The SMILES string of the molecule is Cc1cc(Cn2ccnc2-c2cccc(I)c2)n(C)n1. The largest absolute Gasteiger partial charge is 0.325 e. The lowest BCUT2D eigenvalue weighted by atomic mass is 10.2. The van der Waals surface area contributed by atoms with Gasteiger partial charge in [-0.3, -0.25) is 4.68 Å². The Hall–Kier alpha value is -1.63. The molecule has 1 aromatic carbocycles. The van der Waals surface area contributed by atoms with Gasteiger partial charge in [0.05, 0.1) is 17.9 Å². The van der Waals surface area contributed by atoms with Gasteiger partial charge in [0.25, 0.3) is 0 Å². The van der Waals surface area contributed by atoms with Gasteiger partial charge in [-0.1, -0.05) is 12.1 Å². The van der Waals surface area contributed by atoms with E-state index in [-0.39, 0.29) is 0 Å². The molecule has 0 fully saturated rings. The standard InChI is InChI=1S/C15H15IN4/c1-11-8-14(19(2)18-11)10-20-7-6-17-15(20)12-4-3-5-13(16)9-12/h3-9H,10H2,1-2H3. The van der Waals surface area contributed by atoms with Crippen molar-refractivity contribution < 1.29 is 0 Å². The van der Waals surface area contributed by atoms with Gasteiger partial charge in [-0.05, 0) is 47.7 Å². The van der Waals surface area contributed by atoms with E-state index >= 15 is 0 Å². The van der Waals surface area contributed by atoms with Crippen LogP contribution in [0.15, 0.2) is 42.7 Å². The molecule has 0 radical (unpaired) electrons. The molecular weight excluding hydrogens is 363 g/mol. The van der Waals surface area contributed by atoms with Crippen molar-refractivity contribution in [2.24, 2.45) is 7.05 Å². The highest BCUT2D eigenvalue weighted by Gasteiger charge is 2.09. The number of halogens is 1. The van der Waals surface area contributed by atoms with Gasteiger partial charge >= 0.3 is 0 Å². The average Bonchev–Trinajstić information content (AvgIpc) is 2.97. The zero-order valence-corrected chi connectivity index (χ0v) is 13.6. The van der Waals surface area contributed by atoms with E-state index in [1.807, 2.05) is 31.0 Å². The third-order valence-corrected chi connectivity index (χ3v) is 3.90. The van der Waals surface area contributed by atoms with E-state index in [0.29, 0.717) is 0 Å². The number of imidazole rings is 1. The minimum absolute atomic E-state index is 0.776. The minimum atomic E-state index is 0.776. The predicted molar refractivity (Wildman–Crippen MR) is 87.4 cm³/mol. The fraction of sp³-hybridized carbons (Fsp3) is 0.200. The summed E-state index contributed by atoms with van der Waals surface area (Å²) in [6.45, 7) is 2.79. The van der Waals surface area contributed by atoms with Crippen molar-refractivity contribution in [3.63, 3.8) is 0 Å². The summed E-state index contributed by atoms with van der Waals surface area (Å²) >= 11 is 2.32. The summed E-state index contributed by atoms with van der Waals surface area (Å²) < 4.78 is 5.29. The van der Waals surface area contributed by atoms with Crippen molar-refractivity contribution >= 4 is 22.6 Å². The Morgan fingerprint density at radius 2 is 2.10 bits per heavy atom. The molecule has 2 aromatic heterocycles. The van der Waals surface area contributed by atoms with Gasteiger partial charge in [0.15, 0.2) is 0 Å². The summed E-state index contributed by atoms with van der Waals surface area (Å²) in [5, 5.41) is 4.39. The van der Waals surface area contributed by atoms with Crippen LogP contribution in [-0.4, -0.2) is 19.3 Å². The van der Waals surface area contributed by atoms with Crippen LogP contribution in [0, 0.1) is 10.5 Å². The van der Waals surface area contributed by atoms with E-state index < -0.39 is 0 Å². The van der Waals surface area contributed by atoms with Crippen molar-refractivity contribution in [3.8, 4) is 11.4 Å². The molecule has 4 nitrogen and oxygen atoms in total. The fourth-order valence-corrected chi connectivity index (χ4v) is 2.85. The third-order valence-electron chi connectivity index (χ3n) is 3.23. The van der Waals surface area contributed by atoms with E-state index in [9.17, 15) is 0 Å². The maximum atomic E-state index is 4.49. The first-order valence-corrected chi connectivity index (χ1v) is 7.48. The van der Waals surface area contributed by atoms with E-state index in [1.165, 1.54) is 9.26 Å². The number of hydrogen-bond donors (Lipinski definition) is 0.